The monoisotopic (exact) mass is 254 g/mol. The van der Waals surface area contributed by atoms with E-state index in [1.165, 1.54) is 51.6 Å². The maximum atomic E-state index is 3.81. The molecular weight excluding hydrogens is 220 g/mol. The van der Waals surface area contributed by atoms with Crippen molar-refractivity contribution >= 4 is 0 Å². The zero-order valence-electron chi connectivity index (χ0n) is 13.3. The van der Waals surface area contributed by atoms with Gasteiger partial charge in [0.05, 0.1) is 0 Å². The Hall–Kier alpha value is -0.0800. The van der Waals surface area contributed by atoms with Crippen molar-refractivity contribution in [2.24, 2.45) is 0 Å². The van der Waals surface area contributed by atoms with Crippen LogP contribution in [0.3, 0.4) is 0 Å². The summed E-state index contributed by atoms with van der Waals surface area (Å²) in [5.74, 6) is 0. The van der Waals surface area contributed by atoms with Gasteiger partial charge < -0.3 is 5.32 Å². The van der Waals surface area contributed by atoms with Gasteiger partial charge in [-0.3, -0.25) is 4.90 Å². The van der Waals surface area contributed by atoms with E-state index in [1.54, 1.807) is 0 Å². The average Bonchev–Trinajstić information content (AvgIpc) is 2.37. The van der Waals surface area contributed by atoms with E-state index in [2.05, 4.69) is 44.8 Å². The number of rotatable bonds is 7. The fraction of sp³-hybridized carbons (Fsp3) is 1.00. The first-order valence-corrected chi connectivity index (χ1v) is 8.00. The van der Waals surface area contributed by atoms with Crippen molar-refractivity contribution in [2.75, 3.05) is 19.6 Å². The normalized spacial score (nSPS) is 23.2. The zero-order valence-corrected chi connectivity index (χ0v) is 13.3. The topological polar surface area (TPSA) is 15.3 Å². The molecule has 2 heteroatoms. The molecule has 0 bridgehead atoms. The molecule has 1 N–H and O–H groups in total. The number of hydrogen-bond donors (Lipinski definition) is 1. The van der Waals surface area contributed by atoms with Gasteiger partial charge in [0, 0.05) is 24.2 Å². The molecule has 0 aromatic rings. The Kier molecular flexibility index (Phi) is 6.13. The van der Waals surface area contributed by atoms with E-state index in [-0.39, 0.29) is 0 Å². The third-order valence-corrected chi connectivity index (χ3v) is 4.88. The predicted molar refractivity (Wildman–Crippen MR) is 81.1 cm³/mol. The van der Waals surface area contributed by atoms with Gasteiger partial charge in [-0.15, -0.1) is 0 Å². The van der Waals surface area contributed by atoms with Gasteiger partial charge in [0.25, 0.3) is 0 Å². The molecule has 0 amide bonds. The first-order valence-electron chi connectivity index (χ1n) is 8.00. The van der Waals surface area contributed by atoms with Crippen LogP contribution in [0.4, 0.5) is 0 Å². The van der Waals surface area contributed by atoms with E-state index in [4.69, 9.17) is 0 Å². The number of nitrogens with zero attached hydrogens (tertiary/aromatic N) is 1. The lowest BCUT2D eigenvalue weighted by atomic mass is 9.85. The van der Waals surface area contributed by atoms with Crippen molar-refractivity contribution in [1.82, 2.24) is 10.2 Å². The van der Waals surface area contributed by atoms with Gasteiger partial charge >= 0.3 is 0 Å². The molecule has 0 saturated carbocycles. The largest absolute Gasteiger partial charge is 0.308 e. The SMILES string of the molecule is CCCCCCN1CC(CC)(CC)NCC1(C)C. The molecule has 18 heavy (non-hydrogen) atoms. The van der Waals surface area contributed by atoms with Crippen molar-refractivity contribution in [2.45, 2.75) is 84.2 Å². The second-order valence-corrected chi connectivity index (χ2v) is 6.64. The second kappa shape index (κ2) is 6.91. The van der Waals surface area contributed by atoms with Crippen molar-refractivity contribution in [3.05, 3.63) is 0 Å². The highest BCUT2D eigenvalue weighted by atomic mass is 15.3. The molecule has 0 aromatic heterocycles. The molecule has 1 heterocycles. The Morgan fingerprint density at radius 3 is 2.22 bits per heavy atom. The molecule has 108 valence electrons. The standard InChI is InChI=1S/C16H34N2/c1-6-9-10-11-12-18-14-16(7-2,8-3)17-13-15(18,4)5/h17H,6-14H2,1-5H3. The smallest absolute Gasteiger partial charge is 0.0304 e. The maximum absolute atomic E-state index is 3.81. The molecule has 0 aromatic carbocycles. The fourth-order valence-electron chi connectivity index (χ4n) is 2.99. The molecule has 0 spiro atoms. The van der Waals surface area contributed by atoms with E-state index in [1.807, 2.05) is 0 Å². The number of nitrogens with one attached hydrogen (secondary N) is 1. The lowest BCUT2D eigenvalue weighted by molar-refractivity contribution is 0.0214. The summed E-state index contributed by atoms with van der Waals surface area (Å²) >= 11 is 0. The Morgan fingerprint density at radius 1 is 1.00 bits per heavy atom. The minimum atomic E-state index is 0.319. The Bertz CT molecular complexity index is 231. The van der Waals surface area contributed by atoms with Gasteiger partial charge in [0.1, 0.15) is 0 Å². The highest BCUT2D eigenvalue weighted by Gasteiger charge is 2.40. The van der Waals surface area contributed by atoms with E-state index in [0.717, 1.165) is 6.54 Å². The van der Waals surface area contributed by atoms with Gasteiger partial charge in [-0.05, 0) is 39.7 Å². The van der Waals surface area contributed by atoms with Gasteiger partial charge in [-0.25, -0.2) is 0 Å². The fourth-order valence-corrected chi connectivity index (χ4v) is 2.99. The summed E-state index contributed by atoms with van der Waals surface area (Å²) in [5.41, 5.74) is 0.681. The molecule has 2 nitrogen and oxygen atoms in total. The van der Waals surface area contributed by atoms with E-state index >= 15 is 0 Å². The third-order valence-electron chi connectivity index (χ3n) is 4.88. The first-order chi connectivity index (χ1) is 8.49. The molecule has 1 rings (SSSR count). The van der Waals surface area contributed by atoms with Gasteiger partial charge in [0.2, 0.25) is 0 Å². The lowest BCUT2D eigenvalue weighted by Crippen LogP contribution is -2.67. The van der Waals surface area contributed by atoms with Crippen LogP contribution in [0.5, 0.6) is 0 Å². The predicted octanol–water partition coefficient (Wildman–Crippen LogP) is 3.81. The number of unbranched alkanes of at least 4 members (excludes halogenated alkanes) is 3. The minimum Gasteiger partial charge on any atom is -0.308 e. The van der Waals surface area contributed by atoms with Gasteiger partial charge in [-0.2, -0.15) is 0 Å². The quantitative estimate of drug-likeness (QED) is 0.695. The molecular formula is C16H34N2. The van der Waals surface area contributed by atoms with Crippen molar-refractivity contribution < 1.29 is 0 Å². The summed E-state index contributed by atoms with van der Waals surface area (Å²) in [4.78, 5) is 2.73. The lowest BCUT2D eigenvalue weighted by Gasteiger charge is -2.52. The van der Waals surface area contributed by atoms with E-state index in [9.17, 15) is 0 Å². The molecule has 1 aliphatic heterocycles. The van der Waals surface area contributed by atoms with E-state index in [0.29, 0.717) is 11.1 Å². The number of piperazine rings is 1. The van der Waals surface area contributed by atoms with Gasteiger partial charge in [-0.1, -0.05) is 40.0 Å². The molecule has 0 atom stereocenters. The summed E-state index contributed by atoms with van der Waals surface area (Å²) in [6, 6.07) is 0. The van der Waals surface area contributed by atoms with Gasteiger partial charge in [0.15, 0.2) is 0 Å². The highest BCUT2D eigenvalue weighted by Crippen LogP contribution is 2.28. The molecule has 1 aliphatic rings. The van der Waals surface area contributed by atoms with Crippen LogP contribution in [0.15, 0.2) is 0 Å². The summed E-state index contributed by atoms with van der Waals surface area (Å²) in [6.07, 6.45) is 7.96. The van der Waals surface area contributed by atoms with Crippen molar-refractivity contribution in [3.63, 3.8) is 0 Å². The van der Waals surface area contributed by atoms with E-state index < -0.39 is 0 Å². The van der Waals surface area contributed by atoms with Crippen LogP contribution in [-0.2, 0) is 0 Å². The zero-order chi connectivity index (χ0) is 13.6. The summed E-state index contributed by atoms with van der Waals surface area (Å²) in [6.45, 7) is 15.3. The van der Waals surface area contributed by atoms with Crippen LogP contribution in [0, 0.1) is 0 Å². The summed E-state index contributed by atoms with van der Waals surface area (Å²) < 4.78 is 0. The van der Waals surface area contributed by atoms with Crippen molar-refractivity contribution in [3.8, 4) is 0 Å². The molecule has 0 radical (unpaired) electrons. The molecule has 1 fully saturated rings. The molecule has 0 unspecified atom stereocenters. The average molecular weight is 254 g/mol. The number of hydrogen-bond acceptors (Lipinski definition) is 2. The van der Waals surface area contributed by atoms with Crippen LogP contribution in [0.25, 0.3) is 0 Å². The van der Waals surface area contributed by atoms with Crippen LogP contribution >= 0.6 is 0 Å². The maximum Gasteiger partial charge on any atom is 0.0304 e. The molecule has 1 saturated heterocycles. The summed E-state index contributed by atoms with van der Waals surface area (Å²) in [5, 5.41) is 3.81. The van der Waals surface area contributed by atoms with Crippen molar-refractivity contribution in [1.29, 1.82) is 0 Å². The van der Waals surface area contributed by atoms with Crippen LogP contribution in [0.2, 0.25) is 0 Å². The van der Waals surface area contributed by atoms with Crippen LogP contribution in [0.1, 0.15) is 73.1 Å². The molecule has 0 aliphatic carbocycles. The first kappa shape index (κ1) is 16.0. The summed E-state index contributed by atoms with van der Waals surface area (Å²) in [7, 11) is 0. The van der Waals surface area contributed by atoms with Crippen LogP contribution in [-0.4, -0.2) is 35.6 Å². The minimum absolute atomic E-state index is 0.319. The van der Waals surface area contributed by atoms with Crippen LogP contribution < -0.4 is 5.32 Å². The second-order valence-electron chi connectivity index (χ2n) is 6.64. The highest BCUT2D eigenvalue weighted by molar-refractivity contribution is 5.00. The third kappa shape index (κ3) is 3.96. The Balaban J connectivity index is 2.54. The Labute approximate surface area is 115 Å². The Morgan fingerprint density at radius 2 is 1.67 bits per heavy atom.